The molecule has 0 aliphatic carbocycles. The van der Waals surface area contributed by atoms with E-state index in [1.807, 2.05) is 25.8 Å². The molecule has 0 spiro atoms. The molecule has 0 rings (SSSR count). The number of urea groups is 1. The van der Waals surface area contributed by atoms with Crippen LogP contribution in [-0.4, -0.2) is 60.1 Å². The molecule has 0 fully saturated rings. The van der Waals surface area contributed by atoms with Gasteiger partial charge in [-0.3, -0.25) is 4.79 Å². The van der Waals surface area contributed by atoms with E-state index in [1.165, 1.54) is 0 Å². The van der Waals surface area contributed by atoms with Crippen molar-refractivity contribution in [2.24, 2.45) is 5.73 Å². The first kappa shape index (κ1) is 18.2. The van der Waals surface area contributed by atoms with E-state index in [2.05, 4.69) is 10.6 Å². The summed E-state index contributed by atoms with van der Waals surface area (Å²) in [5.41, 5.74) is 4.95. The lowest BCUT2D eigenvalue weighted by molar-refractivity contribution is -0.139. The molecule has 8 nitrogen and oxygen atoms in total. The Kier molecular flexibility index (Phi) is 8.30. The van der Waals surface area contributed by atoms with Crippen LogP contribution in [0.1, 0.15) is 26.7 Å². The van der Waals surface area contributed by atoms with Crippen LogP contribution in [0.2, 0.25) is 0 Å². The van der Waals surface area contributed by atoms with Crippen molar-refractivity contribution in [3.05, 3.63) is 0 Å². The van der Waals surface area contributed by atoms with Crippen LogP contribution in [0.3, 0.4) is 0 Å². The fourth-order valence-electron chi connectivity index (χ4n) is 1.36. The van der Waals surface area contributed by atoms with Crippen molar-refractivity contribution in [1.82, 2.24) is 15.5 Å². The second kappa shape index (κ2) is 9.13. The number of carboxylic acid groups (broad SMARTS) is 1. The third kappa shape index (κ3) is 8.30. The number of hydrogen-bond acceptors (Lipinski definition) is 4. The lowest BCUT2D eigenvalue weighted by Crippen LogP contribution is -2.48. The summed E-state index contributed by atoms with van der Waals surface area (Å²) in [6.45, 7) is 5.13. The molecule has 1 atom stereocenters. The highest BCUT2D eigenvalue weighted by Crippen LogP contribution is 1.97. The van der Waals surface area contributed by atoms with Crippen LogP contribution in [-0.2, 0) is 9.59 Å². The van der Waals surface area contributed by atoms with E-state index in [4.69, 9.17) is 10.8 Å². The Morgan fingerprint density at radius 3 is 2.35 bits per heavy atom. The summed E-state index contributed by atoms with van der Waals surface area (Å²) in [7, 11) is 1.93. The van der Waals surface area contributed by atoms with E-state index in [9.17, 15) is 14.4 Å². The number of primary amides is 1. The number of carbonyl (C=O) groups excluding carboxylic acids is 2. The SMILES string of the molecule is CC(C)N(C)CCNC(=O)N[C@@H](CCC(N)=O)C(=O)O. The molecule has 116 valence electrons. The third-order valence-electron chi connectivity index (χ3n) is 2.91. The number of carboxylic acids is 1. The molecule has 0 aliphatic rings. The first-order valence-corrected chi connectivity index (χ1v) is 6.49. The number of nitrogens with two attached hydrogens (primary N) is 1. The summed E-state index contributed by atoms with van der Waals surface area (Å²) in [4.78, 5) is 35.1. The van der Waals surface area contributed by atoms with Crippen LogP contribution >= 0.6 is 0 Å². The Morgan fingerprint density at radius 1 is 1.30 bits per heavy atom. The standard InChI is InChI=1S/C12H24N4O4/c1-8(2)16(3)7-6-14-12(20)15-9(11(18)19)4-5-10(13)17/h8-9H,4-7H2,1-3H3,(H2,13,17)(H,18,19)(H2,14,15,20)/t9-/m0/s1. The topological polar surface area (TPSA) is 125 Å². The molecule has 5 N–H and O–H groups in total. The highest BCUT2D eigenvalue weighted by atomic mass is 16.4. The fourth-order valence-corrected chi connectivity index (χ4v) is 1.36. The average molecular weight is 288 g/mol. The Labute approximate surface area is 118 Å². The van der Waals surface area contributed by atoms with Gasteiger partial charge in [0.1, 0.15) is 6.04 Å². The molecule has 0 heterocycles. The Balaban J connectivity index is 4.07. The first-order valence-electron chi connectivity index (χ1n) is 6.49. The minimum Gasteiger partial charge on any atom is -0.480 e. The summed E-state index contributed by atoms with van der Waals surface area (Å²) in [5, 5.41) is 13.8. The Bertz CT molecular complexity index is 346. The number of nitrogens with zero attached hydrogens (tertiary/aromatic N) is 1. The highest BCUT2D eigenvalue weighted by molar-refractivity contribution is 5.83. The lowest BCUT2D eigenvalue weighted by atomic mass is 10.1. The smallest absolute Gasteiger partial charge is 0.326 e. The number of nitrogens with one attached hydrogen (secondary N) is 2. The van der Waals surface area contributed by atoms with Crippen LogP contribution < -0.4 is 16.4 Å². The molecular weight excluding hydrogens is 264 g/mol. The molecule has 0 aromatic carbocycles. The predicted octanol–water partition coefficient (Wildman–Crippen LogP) is -0.655. The van der Waals surface area contributed by atoms with Gasteiger partial charge in [-0.2, -0.15) is 0 Å². The maximum Gasteiger partial charge on any atom is 0.326 e. The molecule has 0 bridgehead atoms. The number of hydrogen-bond donors (Lipinski definition) is 4. The average Bonchev–Trinajstić information content (AvgIpc) is 2.33. The van der Waals surface area contributed by atoms with Crippen molar-refractivity contribution >= 4 is 17.9 Å². The van der Waals surface area contributed by atoms with E-state index in [-0.39, 0.29) is 12.8 Å². The van der Waals surface area contributed by atoms with Gasteiger partial charge in [0.05, 0.1) is 0 Å². The van der Waals surface area contributed by atoms with E-state index >= 15 is 0 Å². The number of amides is 3. The van der Waals surface area contributed by atoms with Crippen molar-refractivity contribution in [3.8, 4) is 0 Å². The van der Waals surface area contributed by atoms with Crippen LogP contribution in [0.25, 0.3) is 0 Å². The van der Waals surface area contributed by atoms with Gasteiger partial charge in [-0.05, 0) is 27.3 Å². The largest absolute Gasteiger partial charge is 0.480 e. The number of aliphatic carboxylic acids is 1. The van der Waals surface area contributed by atoms with Gasteiger partial charge in [0.2, 0.25) is 5.91 Å². The maximum absolute atomic E-state index is 11.5. The summed E-state index contributed by atoms with van der Waals surface area (Å²) >= 11 is 0. The van der Waals surface area contributed by atoms with E-state index in [1.54, 1.807) is 0 Å². The van der Waals surface area contributed by atoms with Crippen molar-refractivity contribution < 1.29 is 19.5 Å². The van der Waals surface area contributed by atoms with Crippen LogP contribution in [0.15, 0.2) is 0 Å². The van der Waals surface area contributed by atoms with Crippen LogP contribution in [0.4, 0.5) is 4.79 Å². The number of likely N-dealkylation sites (N-methyl/N-ethyl adjacent to an activating group) is 1. The molecule has 0 saturated carbocycles. The monoisotopic (exact) mass is 288 g/mol. The first-order chi connectivity index (χ1) is 9.23. The molecule has 20 heavy (non-hydrogen) atoms. The summed E-state index contributed by atoms with van der Waals surface area (Å²) < 4.78 is 0. The van der Waals surface area contributed by atoms with Crippen LogP contribution in [0.5, 0.6) is 0 Å². The van der Waals surface area contributed by atoms with Crippen molar-refractivity contribution in [1.29, 1.82) is 0 Å². The minimum absolute atomic E-state index is 0.0238. The van der Waals surface area contributed by atoms with Gasteiger partial charge in [0.25, 0.3) is 0 Å². The highest BCUT2D eigenvalue weighted by Gasteiger charge is 2.20. The lowest BCUT2D eigenvalue weighted by Gasteiger charge is -2.21. The fraction of sp³-hybridized carbons (Fsp3) is 0.750. The van der Waals surface area contributed by atoms with E-state index < -0.39 is 23.9 Å². The maximum atomic E-state index is 11.5. The molecule has 0 saturated heterocycles. The summed E-state index contributed by atoms with van der Waals surface area (Å²) in [6.07, 6.45) is -0.114. The Hall–Kier alpha value is -1.83. The number of rotatable bonds is 9. The molecule has 0 aromatic heterocycles. The zero-order chi connectivity index (χ0) is 15.7. The van der Waals surface area contributed by atoms with Gasteiger partial charge < -0.3 is 26.4 Å². The molecule has 0 radical (unpaired) electrons. The second-order valence-electron chi connectivity index (χ2n) is 4.87. The predicted molar refractivity (Wildman–Crippen MR) is 74.2 cm³/mol. The van der Waals surface area contributed by atoms with E-state index in [0.717, 1.165) is 0 Å². The summed E-state index contributed by atoms with van der Waals surface area (Å²) in [5.74, 6) is -1.79. The zero-order valence-corrected chi connectivity index (χ0v) is 12.2. The van der Waals surface area contributed by atoms with Gasteiger partial charge >= 0.3 is 12.0 Å². The van der Waals surface area contributed by atoms with Crippen molar-refractivity contribution in [2.45, 2.75) is 38.8 Å². The third-order valence-corrected chi connectivity index (χ3v) is 2.91. The zero-order valence-electron chi connectivity index (χ0n) is 12.2. The van der Waals surface area contributed by atoms with Gasteiger partial charge in [0.15, 0.2) is 0 Å². The number of carbonyl (C=O) groups is 3. The minimum atomic E-state index is -1.19. The quantitative estimate of drug-likeness (QED) is 0.448. The van der Waals surface area contributed by atoms with Crippen molar-refractivity contribution in [2.75, 3.05) is 20.1 Å². The molecule has 8 heteroatoms. The molecule has 0 unspecified atom stereocenters. The Morgan fingerprint density at radius 2 is 1.90 bits per heavy atom. The molecular formula is C12H24N4O4. The van der Waals surface area contributed by atoms with Crippen molar-refractivity contribution in [3.63, 3.8) is 0 Å². The van der Waals surface area contributed by atoms with Gasteiger partial charge in [-0.15, -0.1) is 0 Å². The molecule has 0 aromatic rings. The van der Waals surface area contributed by atoms with Gasteiger partial charge in [-0.1, -0.05) is 0 Å². The molecule has 3 amide bonds. The molecule has 0 aliphatic heterocycles. The van der Waals surface area contributed by atoms with Gasteiger partial charge in [-0.25, -0.2) is 9.59 Å². The van der Waals surface area contributed by atoms with Crippen LogP contribution in [0, 0.1) is 0 Å². The van der Waals surface area contributed by atoms with E-state index in [0.29, 0.717) is 19.1 Å². The second-order valence-corrected chi connectivity index (χ2v) is 4.87. The van der Waals surface area contributed by atoms with Gasteiger partial charge in [0, 0.05) is 25.6 Å². The normalized spacial score (nSPS) is 12.2. The summed E-state index contributed by atoms with van der Waals surface area (Å²) in [6, 6.07) is -1.33.